The molecule has 98 valence electrons. The average Bonchev–Trinajstić information content (AvgIpc) is 2.39. The van der Waals surface area contributed by atoms with Crippen molar-refractivity contribution in [2.24, 2.45) is 0 Å². The number of hydrogen-bond donors (Lipinski definition) is 0. The minimum Gasteiger partial charge on any atom is -0.207 e. The summed E-state index contributed by atoms with van der Waals surface area (Å²) < 4.78 is 12.8. The Hall–Kier alpha value is -1.36. The van der Waals surface area contributed by atoms with E-state index in [9.17, 15) is 4.39 Å². The summed E-state index contributed by atoms with van der Waals surface area (Å²) in [6.07, 6.45) is 8.28. The highest BCUT2D eigenvalue weighted by Crippen LogP contribution is 2.22. The van der Waals surface area contributed by atoms with Crippen LogP contribution in [0.5, 0.6) is 0 Å². The fraction of sp³-hybridized carbons (Fsp3) is 0.562. The van der Waals surface area contributed by atoms with E-state index >= 15 is 0 Å². The number of nitriles is 1. The Bertz CT molecular complexity index is 364. The second-order valence-corrected chi connectivity index (χ2v) is 4.79. The molecule has 0 aliphatic carbocycles. The van der Waals surface area contributed by atoms with E-state index in [1.54, 1.807) is 12.1 Å². The van der Waals surface area contributed by atoms with Crippen molar-refractivity contribution in [2.75, 3.05) is 0 Å². The summed E-state index contributed by atoms with van der Waals surface area (Å²) in [7, 11) is 0. The molecule has 0 saturated carbocycles. The number of halogens is 1. The summed E-state index contributed by atoms with van der Waals surface area (Å²) in [5.41, 5.74) is 0.937. The van der Waals surface area contributed by atoms with Gasteiger partial charge in [-0.3, -0.25) is 0 Å². The highest BCUT2D eigenvalue weighted by molar-refractivity contribution is 5.25. The molecule has 0 fully saturated rings. The predicted octanol–water partition coefficient (Wildman–Crippen LogP) is 5.18. The first-order valence-corrected chi connectivity index (χ1v) is 6.93. The smallest absolute Gasteiger partial charge is 0.123 e. The second kappa shape index (κ2) is 8.69. The standard InChI is InChI=1S/C16H22FN/c1-2-3-4-5-6-7-8-15(13-18)14-9-11-16(17)12-10-14/h9-12,15H,2-8H2,1H3/t15-/m0/s1. The summed E-state index contributed by atoms with van der Waals surface area (Å²) in [6, 6.07) is 8.63. The first-order chi connectivity index (χ1) is 8.77. The normalized spacial score (nSPS) is 12.1. The molecule has 0 spiro atoms. The number of benzene rings is 1. The van der Waals surface area contributed by atoms with Crippen molar-refractivity contribution in [1.29, 1.82) is 5.26 Å². The third kappa shape index (κ3) is 5.31. The molecule has 0 aliphatic heterocycles. The van der Waals surface area contributed by atoms with Gasteiger partial charge in [-0.05, 0) is 24.1 Å². The Kier molecular flexibility index (Phi) is 7.10. The molecule has 0 amide bonds. The molecule has 0 radical (unpaired) electrons. The Morgan fingerprint density at radius 1 is 1.06 bits per heavy atom. The van der Waals surface area contributed by atoms with E-state index in [1.807, 2.05) is 0 Å². The van der Waals surface area contributed by atoms with Crippen molar-refractivity contribution in [3.8, 4) is 6.07 Å². The SMILES string of the molecule is CCCCCCCC[C@@H](C#N)c1ccc(F)cc1. The lowest BCUT2D eigenvalue weighted by atomic mass is 9.94. The van der Waals surface area contributed by atoms with Crippen LogP contribution in [0.15, 0.2) is 24.3 Å². The van der Waals surface area contributed by atoms with Gasteiger partial charge in [-0.1, -0.05) is 57.6 Å². The molecular weight excluding hydrogens is 225 g/mol. The summed E-state index contributed by atoms with van der Waals surface area (Å²) in [6.45, 7) is 2.21. The lowest BCUT2D eigenvalue weighted by Crippen LogP contribution is -1.96. The molecule has 1 rings (SSSR count). The zero-order valence-electron chi connectivity index (χ0n) is 11.2. The summed E-state index contributed by atoms with van der Waals surface area (Å²) in [5, 5.41) is 9.15. The van der Waals surface area contributed by atoms with Crippen LogP contribution in [0.2, 0.25) is 0 Å². The summed E-state index contributed by atoms with van der Waals surface area (Å²) in [5.74, 6) is -0.327. The van der Waals surface area contributed by atoms with E-state index in [1.165, 1.54) is 44.2 Å². The lowest BCUT2D eigenvalue weighted by molar-refractivity contribution is 0.574. The molecule has 0 aromatic heterocycles. The maximum Gasteiger partial charge on any atom is 0.123 e. The van der Waals surface area contributed by atoms with E-state index < -0.39 is 0 Å². The van der Waals surface area contributed by atoms with Gasteiger partial charge in [-0.2, -0.15) is 5.26 Å². The van der Waals surface area contributed by atoms with E-state index in [4.69, 9.17) is 5.26 Å². The van der Waals surface area contributed by atoms with Crippen LogP contribution in [-0.4, -0.2) is 0 Å². The summed E-state index contributed by atoms with van der Waals surface area (Å²) >= 11 is 0. The van der Waals surface area contributed by atoms with Gasteiger partial charge in [0.25, 0.3) is 0 Å². The predicted molar refractivity (Wildman–Crippen MR) is 72.7 cm³/mol. The molecule has 0 heterocycles. The van der Waals surface area contributed by atoms with Crippen LogP contribution in [0.3, 0.4) is 0 Å². The van der Waals surface area contributed by atoms with Gasteiger partial charge in [0.05, 0.1) is 12.0 Å². The fourth-order valence-electron chi connectivity index (χ4n) is 2.13. The van der Waals surface area contributed by atoms with Gasteiger partial charge < -0.3 is 0 Å². The number of hydrogen-bond acceptors (Lipinski definition) is 1. The first kappa shape index (κ1) is 14.7. The van der Waals surface area contributed by atoms with Gasteiger partial charge in [0, 0.05) is 0 Å². The molecule has 0 saturated heterocycles. The van der Waals surface area contributed by atoms with Crippen LogP contribution >= 0.6 is 0 Å². The topological polar surface area (TPSA) is 23.8 Å². The lowest BCUT2D eigenvalue weighted by Gasteiger charge is -2.09. The largest absolute Gasteiger partial charge is 0.207 e. The maximum absolute atomic E-state index is 12.8. The van der Waals surface area contributed by atoms with Crippen molar-refractivity contribution in [1.82, 2.24) is 0 Å². The summed E-state index contributed by atoms with van der Waals surface area (Å²) in [4.78, 5) is 0. The average molecular weight is 247 g/mol. The van der Waals surface area contributed by atoms with E-state index in [0.29, 0.717) is 0 Å². The molecule has 0 aliphatic rings. The molecule has 2 heteroatoms. The third-order valence-corrected chi connectivity index (χ3v) is 3.27. The van der Waals surface area contributed by atoms with Crippen LogP contribution in [0.4, 0.5) is 4.39 Å². The van der Waals surface area contributed by atoms with Crippen molar-refractivity contribution >= 4 is 0 Å². The van der Waals surface area contributed by atoms with Gasteiger partial charge in [0.1, 0.15) is 5.82 Å². The van der Waals surface area contributed by atoms with E-state index in [0.717, 1.165) is 18.4 Å². The molecule has 18 heavy (non-hydrogen) atoms. The molecule has 0 unspecified atom stereocenters. The monoisotopic (exact) mass is 247 g/mol. The van der Waals surface area contributed by atoms with Crippen molar-refractivity contribution < 1.29 is 4.39 Å². The number of nitrogens with zero attached hydrogens (tertiary/aromatic N) is 1. The number of unbranched alkanes of at least 4 members (excludes halogenated alkanes) is 5. The van der Waals surface area contributed by atoms with Crippen LogP contribution in [-0.2, 0) is 0 Å². The Labute approximate surface area is 110 Å². The van der Waals surface area contributed by atoms with Crippen molar-refractivity contribution in [3.05, 3.63) is 35.6 Å². The van der Waals surface area contributed by atoms with Gasteiger partial charge in [-0.15, -0.1) is 0 Å². The quantitative estimate of drug-likeness (QED) is 0.580. The molecule has 1 aromatic rings. The Morgan fingerprint density at radius 3 is 2.28 bits per heavy atom. The molecule has 1 nitrogen and oxygen atoms in total. The molecule has 1 atom stereocenters. The highest BCUT2D eigenvalue weighted by atomic mass is 19.1. The fourth-order valence-corrected chi connectivity index (χ4v) is 2.13. The van der Waals surface area contributed by atoms with Crippen LogP contribution < -0.4 is 0 Å². The maximum atomic E-state index is 12.8. The first-order valence-electron chi connectivity index (χ1n) is 6.93. The van der Waals surface area contributed by atoms with Crippen LogP contribution in [0.25, 0.3) is 0 Å². The van der Waals surface area contributed by atoms with Crippen molar-refractivity contribution in [3.63, 3.8) is 0 Å². The van der Waals surface area contributed by atoms with E-state index in [2.05, 4.69) is 13.0 Å². The molecule has 1 aromatic carbocycles. The Balaban J connectivity index is 2.30. The van der Waals surface area contributed by atoms with Crippen LogP contribution in [0.1, 0.15) is 63.4 Å². The zero-order chi connectivity index (χ0) is 13.2. The van der Waals surface area contributed by atoms with Gasteiger partial charge in [0.2, 0.25) is 0 Å². The minimum atomic E-state index is -0.241. The van der Waals surface area contributed by atoms with E-state index in [-0.39, 0.29) is 11.7 Å². The number of rotatable bonds is 8. The Morgan fingerprint density at radius 2 is 1.67 bits per heavy atom. The third-order valence-electron chi connectivity index (χ3n) is 3.27. The highest BCUT2D eigenvalue weighted by Gasteiger charge is 2.09. The van der Waals surface area contributed by atoms with Gasteiger partial charge in [-0.25, -0.2) is 4.39 Å². The van der Waals surface area contributed by atoms with Gasteiger partial charge in [0.15, 0.2) is 0 Å². The molecule has 0 bridgehead atoms. The molecule has 0 N–H and O–H groups in total. The zero-order valence-corrected chi connectivity index (χ0v) is 11.2. The van der Waals surface area contributed by atoms with Crippen molar-refractivity contribution in [2.45, 2.75) is 57.8 Å². The van der Waals surface area contributed by atoms with Crippen LogP contribution in [0, 0.1) is 17.1 Å². The molecular formula is C16H22FN. The second-order valence-electron chi connectivity index (χ2n) is 4.79. The minimum absolute atomic E-state index is 0.0863. The van der Waals surface area contributed by atoms with Gasteiger partial charge >= 0.3 is 0 Å².